The molecule has 1 aromatic carbocycles. The largest absolute Gasteiger partial charge is 0.333 e. The molecule has 28 heavy (non-hydrogen) atoms. The van der Waals surface area contributed by atoms with Gasteiger partial charge in [-0.2, -0.15) is 0 Å². The number of carbonyl (C=O) groups excluding carboxylic acids is 1. The van der Waals surface area contributed by atoms with Gasteiger partial charge in [0.25, 0.3) is 0 Å². The number of likely N-dealkylation sites (tertiary alicyclic amines) is 1. The Hall–Kier alpha value is -1.35. The molecule has 1 aliphatic heterocycles. The Morgan fingerprint density at radius 2 is 1.79 bits per heavy atom. The van der Waals surface area contributed by atoms with Gasteiger partial charge in [0.2, 0.25) is 5.91 Å². The fourth-order valence-electron chi connectivity index (χ4n) is 5.56. The number of benzene rings is 1. The number of piperidine rings is 1. The van der Waals surface area contributed by atoms with Gasteiger partial charge >= 0.3 is 0 Å². The van der Waals surface area contributed by atoms with Crippen molar-refractivity contribution >= 4 is 5.91 Å². The van der Waals surface area contributed by atoms with Crippen molar-refractivity contribution in [2.75, 3.05) is 19.6 Å². The molecule has 3 aliphatic rings. The summed E-state index contributed by atoms with van der Waals surface area (Å²) in [5.41, 5.74) is 3.74. The van der Waals surface area contributed by atoms with Crippen LogP contribution in [0.15, 0.2) is 24.3 Å². The molecule has 0 radical (unpaired) electrons. The summed E-state index contributed by atoms with van der Waals surface area (Å²) in [5.74, 6) is 0.259. The lowest BCUT2D eigenvalue weighted by molar-refractivity contribution is -0.132. The average Bonchev–Trinajstić information content (AvgIpc) is 3.48. The maximum atomic E-state index is 12.4. The van der Waals surface area contributed by atoms with Crippen molar-refractivity contribution in [3.05, 3.63) is 35.4 Å². The van der Waals surface area contributed by atoms with E-state index in [4.69, 9.17) is 0 Å². The lowest BCUT2D eigenvalue weighted by atomic mass is 9.63. The zero-order valence-corrected chi connectivity index (χ0v) is 18.3. The summed E-state index contributed by atoms with van der Waals surface area (Å²) in [7, 11) is 0. The second-order valence-electron chi connectivity index (χ2n) is 10.7. The van der Waals surface area contributed by atoms with Gasteiger partial charge in [0, 0.05) is 13.0 Å². The molecule has 154 valence electrons. The van der Waals surface area contributed by atoms with Crippen molar-refractivity contribution in [1.29, 1.82) is 0 Å². The van der Waals surface area contributed by atoms with Crippen LogP contribution in [0.25, 0.3) is 0 Å². The van der Waals surface area contributed by atoms with Gasteiger partial charge in [0.1, 0.15) is 0 Å². The van der Waals surface area contributed by atoms with Crippen LogP contribution in [0.4, 0.5) is 0 Å². The lowest BCUT2D eigenvalue weighted by Gasteiger charge is -2.49. The second kappa shape index (κ2) is 7.48. The van der Waals surface area contributed by atoms with E-state index in [0.717, 1.165) is 6.42 Å². The summed E-state index contributed by atoms with van der Waals surface area (Å²) >= 11 is 0. The molecule has 0 aromatic heterocycles. The molecule has 1 aromatic rings. The molecule has 1 heterocycles. The molecule has 1 atom stereocenters. The summed E-state index contributed by atoms with van der Waals surface area (Å²) in [6, 6.07) is 9.86. The van der Waals surface area contributed by atoms with Crippen molar-refractivity contribution < 1.29 is 4.79 Å². The highest BCUT2D eigenvalue weighted by Gasteiger charge is 2.45. The third-order valence-corrected chi connectivity index (χ3v) is 7.42. The smallest absolute Gasteiger partial charge is 0.220 e. The lowest BCUT2D eigenvalue weighted by Crippen LogP contribution is -2.47. The summed E-state index contributed by atoms with van der Waals surface area (Å²) in [6.07, 6.45) is 8.55. The van der Waals surface area contributed by atoms with Crippen molar-refractivity contribution in [1.82, 2.24) is 9.80 Å². The van der Waals surface area contributed by atoms with Gasteiger partial charge in [-0.25, -0.2) is 0 Å². The number of carbonyl (C=O) groups is 1. The van der Waals surface area contributed by atoms with Gasteiger partial charge in [-0.05, 0) is 86.5 Å². The zero-order valence-electron chi connectivity index (χ0n) is 18.3. The van der Waals surface area contributed by atoms with E-state index in [-0.39, 0.29) is 5.91 Å². The van der Waals surface area contributed by atoms with Crippen LogP contribution >= 0.6 is 0 Å². The minimum absolute atomic E-state index is 0.259. The van der Waals surface area contributed by atoms with Gasteiger partial charge in [0.05, 0.1) is 6.04 Å². The normalized spacial score (nSPS) is 24.8. The molecule has 3 heteroatoms. The Bertz CT molecular complexity index is 708. The molecule has 1 spiro atoms. The van der Waals surface area contributed by atoms with Gasteiger partial charge in [-0.1, -0.05) is 45.0 Å². The first-order valence-corrected chi connectivity index (χ1v) is 11.4. The fraction of sp³-hybridized carbons (Fsp3) is 0.720. The molecule has 0 bridgehead atoms. The molecule has 1 saturated heterocycles. The monoisotopic (exact) mass is 382 g/mol. The van der Waals surface area contributed by atoms with E-state index >= 15 is 0 Å². The minimum Gasteiger partial charge on any atom is -0.333 e. The topological polar surface area (TPSA) is 23.6 Å². The first-order valence-electron chi connectivity index (χ1n) is 11.4. The van der Waals surface area contributed by atoms with Gasteiger partial charge in [-0.15, -0.1) is 0 Å². The number of rotatable bonds is 4. The number of nitrogens with zero attached hydrogens (tertiary/aromatic N) is 2. The molecular formula is C25H38N2O. The summed E-state index contributed by atoms with van der Waals surface area (Å²) in [5, 5.41) is 0. The number of amides is 1. The number of hydrogen-bond donors (Lipinski definition) is 0. The predicted octanol–water partition coefficient (Wildman–Crippen LogP) is 5.30. The van der Waals surface area contributed by atoms with Crippen molar-refractivity contribution in [2.45, 2.75) is 90.1 Å². The number of fused-ring (bicyclic) bond motifs is 2. The third kappa shape index (κ3) is 4.01. The van der Waals surface area contributed by atoms with Crippen LogP contribution in [-0.2, 0) is 10.2 Å². The Labute approximate surface area is 171 Å². The van der Waals surface area contributed by atoms with E-state index in [9.17, 15) is 4.79 Å². The minimum atomic E-state index is 0.259. The summed E-state index contributed by atoms with van der Waals surface area (Å²) in [4.78, 5) is 17.3. The van der Waals surface area contributed by atoms with Crippen LogP contribution in [-0.4, -0.2) is 41.4 Å². The highest BCUT2D eigenvalue weighted by atomic mass is 16.2. The van der Waals surface area contributed by atoms with E-state index in [1.165, 1.54) is 63.7 Å². The standard InChI is InChI=1S/C25H38N2O/c1-19(28)27(20-9-10-20)23-11-12-25(22-8-6-5-7-21(22)23)14-17-26(18-15-25)16-13-24(2,3)4/h5-8,20,23H,9-18H2,1-4H3. The van der Waals surface area contributed by atoms with Crippen LogP contribution in [0, 0.1) is 5.41 Å². The maximum Gasteiger partial charge on any atom is 0.220 e. The van der Waals surface area contributed by atoms with E-state index in [2.05, 4.69) is 54.8 Å². The molecular weight excluding hydrogens is 344 g/mol. The first kappa shape index (κ1) is 19.9. The molecule has 2 aliphatic carbocycles. The summed E-state index contributed by atoms with van der Waals surface area (Å²) < 4.78 is 0. The molecule has 1 saturated carbocycles. The molecule has 1 amide bonds. The maximum absolute atomic E-state index is 12.4. The molecule has 4 rings (SSSR count). The quantitative estimate of drug-likeness (QED) is 0.705. The Morgan fingerprint density at radius 1 is 1.11 bits per heavy atom. The first-order chi connectivity index (χ1) is 13.3. The zero-order chi connectivity index (χ0) is 19.9. The molecule has 2 fully saturated rings. The highest BCUT2D eigenvalue weighted by Crippen LogP contribution is 2.51. The van der Waals surface area contributed by atoms with Crippen molar-refractivity contribution in [2.24, 2.45) is 5.41 Å². The Morgan fingerprint density at radius 3 is 2.39 bits per heavy atom. The second-order valence-corrected chi connectivity index (χ2v) is 10.7. The van der Waals surface area contributed by atoms with Gasteiger partial charge < -0.3 is 9.80 Å². The van der Waals surface area contributed by atoms with Crippen LogP contribution in [0.3, 0.4) is 0 Å². The molecule has 3 nitrogen and oxygen atoms in total. The van der Waals surface area contributed by atoms with E-state index in [1.807, 2.05) is 0 Å². The Kier molecular flexibility index (Phi) is 5.33. The van der Waals surface area contributed by atoms with Gasteiger partial charge in [-0.3, -0.25) is 4.79 Å². The van der Waals surface area contributed by atoms with Crippen LogP contribution < -0.4 is 0 Å². The Balaban J connectivity index is 1.52. The highest BCUT2D eigenvalue weighted by molar-refractivity contribution is 5.75. The van der Waals surface area contributed by atoms with Crippen molar-refractivity contribution in [3.8, 4) is 0 Å². The average molecular weight is 383 g/mol. The van der Waals surface area contributed by atoms with Crippen molar-refractivity contribution in [3.63, 3.8) is 0 Å². The molecule has 0 N–H and O–H groups in total. The predicted molar refractivity (Wildman–Crippen MR) is 115 cm³/mol. The number of hydrogen-bond acceptors (Lipinski definition) is 2. The van der Waals surface area contributed by atoms with Crippen LogP contribution in [0.5, 0.6) is 0 Å². The van der Waals surface area contributed by atoms with E-state index < -0.39 is 0 Å². The SMILES string of the molecule is CC(=O)N(C1CC1)C1CCC2(CCN(CCC(C)(C)C)CC2)c2ccccc21. The van der Waals surface area contributed by atoms with Crippen LogP contribution in [0.2, 0.25) is 0 Å². The van der Waals surface area contributed by atoms with Crippen LogP contribution in [0.1, 0.15) is 89.8 Å². The third-order valence-electron chi connectivity index (χ3n) is 7.42. The van der Waals surface area contributed by atoms with E-state index in [1.54, 1.807) is 12.5 Å². The molecule has 1 unspecified atom stereocenters. The van der Waals surface area contributed by atoms with E-state index in [0.29, 0.717) is 22.9 Å². The fourth-order valence-corrected chi connectivity index (χ4v) is 5.56. The summed E-state index contributed by atoms with van der Waals surface area (Å²) in [6.45, 7) is 12.5. The van der Waals surface area contributed by atoms with Gasteiger partial charge in [0.15, 0.2) is 0 Å².